The Hall–Kier alpha value is -1.71. The predicted octanol–water partition coefficient (Wildman–Crippen LogP) is 1.89. The zero-order chi connectivity index (χ0) is 10.8. The maximum atomic E-state index is 11.7. The number of nitrogens with two attached hydrogens (primary N) is 1. The molecular formula is C11H15N3O. The van der Waals surface area contributed by atoms with Gasteiger partial charge in [0.2, 0.25) is 0 Å². The van der Waals surface area contributed by atoms with E-state index in [2.05, 4.69) is 5.32 Å². The first kappa shape index (κ1) is 9.83. The molecule has 1 fully saturated rings. The van der Waals surface area contributed by atoms with Crippen LogP contribution >= 0.6 is 0 Å². The Morgan fingerprint density at radius 3 is 2.53 bits per heavy atom. The Bertz CT molecular complexity index is 357. The number of benzene rings is 1. The first-order valence-electron chi connectivity index (χ1n) is 5.06. The fraction of sp³-hybridized carbons (Fsp3) is 0.364. The molecule has 0 atom stereocenters. The van der Waals surface area contributed by atoms with Crippen molar-refractivity contribution in [2.75, 3.05) is 18.1 Å². The van der Waals surface area contributed by atoms with Crippen LogP contribution in [-0.4, -0.2) is 24.0 Å². The van der Waals surface area contributed by atoms with Gasteiger partial charge >= 0.3 is 6.03 Å². The largest absolute Gasteiger partial charge is 0.399 e. The van der Waals surface area contributed by atoms with Crippen molar-refractivity contribution in [3.63, 3.8) is 0 Å². The molecule has 4 nitrogen and oxygen atoms in total. The maximum Gasteiger partial charge on any atom is 0.321 e. The monoisotopic (exact) mass is 205 g/mol. The molecule has 0 unspecified atom stereocenters. The van der Waals surface area contributed by atoms with Crippen molar-refractivity contribution in [2.45, 2.75) is 18.9 Å². The van der Waals surface area contributed by atoms with Gasteiger partial charge in [-0.2, -0.15) is 0 Å². The molecule has 0 bridgehead atoms. The van der Waals surface area contributed by atoms with Gasteiger partial charge in [0.25, 0.3) is 0 Å². The van der Waals surface area contributed by atoms with Gasteiger partial charge in [0.05, 0.1) is 0 Å². The number of hydrogen-bond acceptors (Lipinski definition) is 2. The van der Waals surface area contributed by atoms with E-state index in [0.29, 0.717) is 11.7 Å². The fourth-order valence-corrected chi connectivity index (χ4v) is 1.41. The molecule has 0 radical (unpaired) electrons. The van der Waals surface area contributed by atoms with Gasteiger partial charge in [-0.25, -0.2) is 4.79 Å². The molecule has 2 amide bonds. The van der Waals surface area contributed by atoms with E-state index in [1.165, 1.54) is 0 Å². The SMILES string of the molecule is CN(C(=O)Nc1ccc(N)cc1)C1CC1. The van der Waals surface area contributed by atoms with Gasteiger partial charge < -0.3 is 16.0 Å². The number of anilines is 2. The van der Waals surface area contributed by atoms with Gasteiger partial charge in [0.1, 0.15) is 0 Å². The first-order valence-corrected chi connectivity index (χ1v) is 5.06. The number of hydrogen-bond donors (Lipinski definition) is 2. The number of nitrogen functional groups attached to an aromatic ring is 1. The van der Waals surface area contributed by atoms with Crippen LogP contribution in [0.1, 0.15) is 12.8 Å². The smallest absolute Gasteiger partial charge is 0.321 e. The molecule has 1 aromatic rings. The number of carbonyl (C=O) groups excluding carboxylic acids is 1. The molecule has 2 rings (SSSR count). The van der Waals surface area contributed by atoms with E-state index in [0.717, 1.165) is 18.5 Å². The van der Waals surface area contributed by atoms with E-state index >= 15 is 0 Å². The molecule has 80 valence electrons. The summed E-state index contributed by atoms with van der Waals surface area (Å²) in [5.41, 5.74) is 7.03. The van der Waals surface area contributed by atoms with E-state index in [-0.39, 0.29) is 6.03 Å². The Kier molecular flexibility index (Phi) is 2.49. The summed E-state index contributed by atoms with van der Waals surface area (Å²) in [4.78, 5) is 13.4. The molecule has 0 heterocycles. The van der Waals surface area contributed by atoms with Gasteiger partial charge in [0.15, 0.2) is 0 Å². The van der Waals surface area contributed by atoms with Crippen molar-refractivity contribution in [1.29, 1.82) is 0 Å². The lowest BCUT2D eigenvalue weighted by Gasteiger charge is -2.17. The highest BCUT2D eigenvalue weighted by Gasteiger charge is 2.29. The summed E-state index contributed by atoms with van der Waals surface area (Å²) in [5.74, 6) is 0. The third-order valence-electron chi connectivity index (χ3n) is 2.58. The number of urea groups is 1. The summed E-state index contributed by atoms with van der Waals surface area (Å²) in [7, 11) is 1.82. The Labute approximate surface area is 89.1 Å². The van der Waals surface area contributed by atoms with Gasteiger partial charge in [-0.3, -0.25) is 0 Å². The lowest BCUT2D eigenvalue weighted by Crippen LogP contribution is -2.32. The molecule has 4 heteroatoms. The summed E-state index contributed by atoms with van der Waals surface area (Å²) < 4.78 is 0. The van der Waals surface area contributed by atoms with Crippen LogP contribution in [0.4, 0.5) is 16.2 Å². The zero-order valence-electron chi connectivity index (χ0n) is 8.73. The van der Waals surface area contributed by atoms with E-state index in [1.807, 2.05) is 7.05 Å². The molecule has 1 saturated carbocycles. The van der Waals surface area contributed by atoms with E-state index in [1.54, 1.807) is 29.2 Å². The van der Waals surface area contributed by atoms with Gasteiger partial charge in [-0.05, 0) is 37.1 Å². The Morgan fingerprint density at radius 2 is 2.00 bits per heavy atom. The molecule has 0 saturated heterocycles. The zero-order valence-corrected chi connectivity index (χ0v) is 8.73. The van der Waals surface area contributed by atoms with Crippen LogP contribution in [-0.2, 0) is 0 Å². The molecule has 1 aromatic carbocycles. The number of carbonyl (C=O) groups is 1. The molecule has 1 aliphatic carbocycles. The third kappa shape index (κ3) is 2.40. The van der Waals surface area contributed by atoms with E-state index in [9.17, 15) is 4.79 Å². The highest BCUT2D eigenvalue weighted by Crippen LogP contribution is 2.25. The summed E-state index contributed by atoms with van der Waals surface area (Å²) in [5, 5.41) is 2.82. The van der Waals surface area contributed by atoms with Crippen LogP contribution in [0, 0.1) is 0 Å². The normalized spacial score (nSPS) is 14.7. The number of nitrogens with one attached hydrogen (secondary N) is 1. The Balaban J connectivity index is 1.95. The van der Waals surface area contributed by atoms with Crippen molar-refractivity contribution in [3.05, 3.63) is 24.3 Å². The van der Waals surface area contributed by atoms with Gasteiger partial charge in [-0.1, -0.05) is 0 Å². The van der Waals surface area contributed by atoms with Crippen molar-refractivity contribution >= 4 is 17.4 Å². The highest BCUT2D eigenvalue weighted by molar-refractivity contribution is 5.89. The minimum absolute atomic E-state index is 0.0535. The molecule has 0 aliphatic heterocycles. The minimum Gasteiger partial charge on any atom is -0.399 e. The summed E-state index contributed by atoms with van der Waals surface area (Å²) in [6.45, 7) is 0. The lowest BCUT2D eigenvalue weighted by atomic mass is 10.3. The number of rotatable bonds is 2. The second kappa shape index (κ2) is 3.81. The highest BCUT2D eigenvalue weighted by atomic mass is 16.2. The van der Waals surface area contributed by atoms with Crippen molar-refractivity contribution in [2.24, 2.45) is 0 Å². The van der Waals surface area contributed by atoms with Crippen LogP contribution < -0.4 is 11.1 Å². The molecular weight excluding hydrogens is 190 g/mol. The van der Waals surface area contributed by atoms with Crippen molar-refractivity contribution in [3.8, 4) is 0 Å². The van der Waals surface area contributed by atoms with Crippen molar-refractivity contribution < 1.29 is 4.79 Å². The second-order valence-corrected chi connectivity index (χ2v) is 3.89. The molecule has 1 aliphatic rings. The van der Waals surface area contributed by atoms with E-state index < -0.39 is 0 Å². The fourth-order valence-electron chi connectivity index (χ4n) is 1.41. The molecule has 3 N–H and O–H groups in total. The first-order chi connectivity index (χ1) is 7.16. The average Bonchev–Trinajstić information content (AvgIpc) is 3.04. The standard InChI is InChI=1S/C11H15N3O/c1-14(10-6-7-10)11(15)13-9-4-2-8(12)3-5-9/h2-5,10H,6-7,12H2,1H3,(H,13,15). The number of nitrogens with zero attached hydrogens (tertiary/aromatic N) is 1. The third-order valence-corrected chi connectivity index (χ3v) is 2.58. The molecule has 0 aromatic heterocycles. The van der Waals surface area contributed by atoms with Crippen molar-refractivity contribution in [1.82, 2.24) is 4.90 Å². The lowest BCUT2D eigenvalue weighted by molar-refractivity contribution is 0.220. The van der Waals surface area contributed by atoms with Crippen LogP contribution in [0.3, 0.4) is 0 Å². The van der Waals surface area contributed by atoms with Crippen LogP contribution in [0.15, 0.2) is 24.3 Å². The van der Waals surface area contributed by atoms with Gasteiger partial charge in [-0.15, -0.1) is 0 Å². The minimum atomic E-state index is -0.0535. The maximum absolute atomic E-state index is 11.7. The summed E-state index contributed by atoms with van der Waals surface area (Å²) in [6, 6.07) is 7.52. The van der Waals surface area contributed by atoms with Crippen LogP contribution in [0.2, 0.25) is 0 Å². The summed E-state index contributed by atoms with van der Waals surface area (Å²) in [6.07, 6.45) is 2.23. The van der Waals surface area contributed by atoms with E-state index in [4.69, 9.17) is 5.73 Å². The van der Waals surface area contributed by atoms with Crippen LogP contribution in [0.25, 0.3) is 0 Å². The van der Waals surface area contributed by atoms with Crippen LogP contribution in [0.5, 0.6) is 0 Å². The van der Waals surface area contributed by atoms with Gasteiger partial charge in [0, 0.05) is 24.5 Å². The topological polar surface area (TPSA) is 58.4 Å². The number of amides is 2. The molecule has 15 heavy (non-hydrogen) atoms. The quantitative estimate of drug-likeness (QED) is 0.724. The molecule has 0 spiro atoms. The second-order valence-electron chi connectivity index (χ2n) is 3.89. The summed E-state index contributed by atoms with van der Waals surface area (Å²) >= 11 is 0. The Morgan fingerprint density at radius 1 is 1.40 bits per heavy atom. The average molecular weight is 205 g/mol. The predicted molar refractivity (Wildman–Crippen MR) is 60.7 cm³/mol.